The van der Waals surface area contributed by atoms with E-state index in [1.807, 2.05) is 6.92 Å². The quantitative estimate of drug-likeness (QED) is 0.292. The maximum absolute atomic E-state index is 12.5. The van der Waals surface area contributed by atoms with Crippen LogP contribution >= 0.6 is 44.5 Å². The third kappa shape index (κ3) is 7.56. The Morgan fingerprint density at radius 2 is 1.79 bits per heavy atom. The number of benzene rings is 2. The first-order valence-electron chi connectivity index (χ1n) is 8.78. The van der Waals surface area contributed by atoms with E-state index < -0.39 is 18.2 Å². The molecule has 0 radical (unpaired) electrons. The molecule has 1 amide bonds. The Morgan fingerprint density at radius 3 is 2.45 bits per heavy atom. The fourth-order valence-corrected chi connectivity index (χ4v) is 3.33. The minimum Gasteiger partial charge on any atom is -0.508 e. The fraction of sp³-hybridized carbons (Fsp3) is 0.300. The summed E-state index contributed by atoms with van der Waals surface area (Å²) in [5, 5.41) is 13.0. The SMILES string of the molecule is C[C@H](CCOC(=O)CS)[C@@H](OC(=O)Nc1ccc(Br)cc1)c1cc(Br)ccc1O. The lowest BCUT2D eigenvalue weighted by Crippen LogP contribution is -2.23. The number of halogens is 2. The predicted molar refractivity (Wildman–Crippen MR) is 121 cm³/mol. The molecule has 0 bridgehead atoms. The van der Waals surface area contributed by atoms with Gasteiger partial charge in [-0.2, -0.15) is 12.6 Å². The molecule has 9 heteroatoms. The lowest BCUT2D eigenvalue weighted by molar-refractivity contribution is -0.141. The van der Waals surface area contributed by atoms with Crippen LogP contribution in [0.4, 0.5) is 10.5 Å². The number of ether oxygens (including phenoxy) is 2. The molecule has 0 spiro atoms. The van der Waals surface area contributed by atoms with Crippen molar-refractivity contribution < 1.29 is 24.2 Å². The number of nitrogens with one attached hydrogen (secondary N) is 1. The molecule has 0 unspecified atom stereocenters. The second kappa shape index (κ2) is 11.5. The molecule has 0 heterocycles. The molecule has 2 aromatic rings. The minimum absolute atomic E-state index is 0.00365. The van der Waals surface area contributed by atoms with Gasteiger partial charge in [-0.3, -0.25) is 10.1 Å². The first-order valence-corrected chi connectivity index (χ1v) is 11.0. The first-order chi connectivity index (χ1) is 13.8. The summed E-state index contributed by atoms with van der Waals surface area (Å²) in [7, 11) is 0. The number of anilines is 1. The van der Waals surface area contributed by atoms with Crippen LogP contribution in [0.5, 0.6) is 5.75 Å². The number of carbonyl (C=O) groups excluding carboxylic acids is 2. The zero-order valence-corrected chi connectivity index (χ0v) is 19.7. The van der Waals surface area contributed by atoms with Crippen molar-refractivity contribution in [3.05, 3.63) is 57.0 Å². The molecule has 2 aromatic carbocycles. The van der Waals surface area contributed by atoms with Gasteiger partial charge in [0.25, 0.3) is 0 Å². The molecule has 29 heavy (non-hydrogen) atoms. The molecule has 0 aliphatic heterocycles. The van der Waals surface area contributed by atoms with Crippen LogP contribution in [0.1, 0.15) is 25.0 Å². The number of phenolic OH excluding ortho intramolecular Hbond substituents is 1. The second-order valence-corrected chi connectivity index (χ2v) is 8.45. The molecule has 0 fully saturated rings. The summed E-state index contributed by atoms with van der Waals surface area (Å²) in [6.07, 6.45) is -0.977. The summed E-state index contributed by atoms with van der Waals surface area (Å²) in [5.74, 6) is -0.653. The van der Waals surface area contributed by atoms with Crippen molar-refractivity contribution in [2.75, 3.05) is 17.7 Å². The van der Waals surface area contributed by atoms with Crippen molar-refractivity contribution in [1.29, 1.82) is 0 Å². The Morgan fingerprint density at radius 1 is 1.14 bits per heavy atom. The van der Waals surface area contributed by atoms with Crippen LogP contribution in [0.3, 0.4) is 0 Å². The average molecular weight is 547 g/mol. The third-order valence-electron chi connectivity index (χ3n) is 4.10. The molecule has 0 aromatic heterocycles. The maximum Gasteiger partial charge on any atom is 0.412 e. The molecular weight excluding hydrogens is 526 g/mol. The van der Waals surface area contributed by atoms with Crippen LogP contribution in [-0.4, -0.2) is 29.5 Å². The standard InChI is InChI=1S/C20H21Br2NO5S/c1-12(8-9-27-18(25)11-29)19(16-10-14(22)4-7-17(16)24)28-20(26)23-15-5-2-13(21)3-6-15/h2-7,10,12,19,24,29H,8-9,11H2,1H3,(H,23,26)/t12-,19-/m1/s1. The topological polar surface area (TPSA) is 84.9 Å². The normalized spacial score (nSPS) is 12.7. The van der Waals surface area contributed by atoms with Crippen molar-refractivity contribution in [1.82, 2.24) is 0 Å². The Bertz CT molecular complexity index is 847. The summed E-state index contributed by atoms with van der Waals surface area (Å²) < 4.78 is 12.3. The summed E-state index contributed by atoms with van der Waals surface area (Å²) in [6.45, 7) is 2.01. The van der Waals surface area contributed by atoms with Crippen LogP contribution in [0.2, 0.25) is 0 Å². The molecule has 0 aliphatic carbocycles. The van der Waals surface area contributed by atoms with Gasteiger partial charge in [0, 0.05) is 26.1 Å². The predicted octanol–water partition coefficient (Wildman–Crippen LogP) is 5.71. The van der Waals surface area contributed by atoms with Gasteiger partial charge in [-0.25, -0.2) is 4.79 Å². The van der Waals surface area contributed by atoms with Gasteiger partial charge in [-0.05, 0) is 48.9 Å². The Balaban J connectivity index is 2.14. The van der Waals surface area contributed by atoms with Crippen molar-refractivity contribution in [3.63, 3.8) is 0 Å². The second-order valence-electron chi connectivity index (χ2n) is 6.31. The number of carbonyl (C=O) groups is 2. The van der Waals surface area contributed by atoms with Gasteiger partial charge >= 0.3 is 12.1 Å². The number of rotatable bonds is 8. The zero-order chi connectivity index (χ0) is 21.4. The van der Waals surface area contributed by atoms with Gasteiger partial charge in [-0.15, -0.1) is 0 Å². The van der Waals surface area contributed by atoms with Gasteiger partial charge in [0.1, 0.15) is 11.9 Å². The van der Waals surface area contributed by atoms with Gasteiger partial charge in [0.2, 0.25) is 0 Å². The Kier molecular flexibility index (Phi) is 9.32. The van der Waals surface area contributed by atoms with Gasteiger partial charge in [0.05, 0.1) is 12.4 Å². The maximum atomic E-state index is 12.5. The van der Waals surface area contributed by atoms with Crippen LogP contribution in [0.15, 0.2) is 51.4 Å². The number of aromatic hydroxyl groups is 1. The molecule has 2 N–H and O–H groups in total. The summed E-state index contributed by atoms with van der Waals surface area (Å²) in [5.41, 5.74) is 1.03. The van der Waals surface area contributed by atoms with E-state index in [1.54, 1.807) is 36.4 Å². The highest BCUT2D eigenvalue weighted by Crippen LogP contribution is 2.36. The smallest absolute Gasteiger partial charge is 0.412 e. The molecule has 2 rings (SSSR count). The molecule has 0 aliphatic rings. The van der Waals surface area contributed by atoms with E-state index in [2.05, 4.69) is 49.8 Å². The number of amides is 1. The lowest BCUT2D eigenvalue weighted by Gasteiger charge is -2.25. The van der Waals surface area contributed by atoms with Crippen molar-refractivity contribution in [2.24, 2.45) is 5.92 Å². The van der Waals surface area contributed by atoms with E-state index >= 15 is 0 Å². The summed E-state index contributed by atoms with van der Waals surface area (Å²) in [6, 6.07) is 12.0. The summed E-state index contributed by atoms with van der Waals surface area (Å²) >= 11 is 10.6. The van der Waals surface area contributed by atoms with Gasteiger partial charge < -0.3 is 14.6 Å². The van der Waals surface area contributed by atoms with E-state index in [9.17, 15) is 14.7 Å². The number of thiol groups is 1. The molecular formula is C20H21Br2NO5S. The van der Waals surface area contributed by atoms with Gasteiger partial charge in [0.15, 0.2) is 0 Å². The monoisotopic (exact) mass is 545 g/mol. The third-order valence-corrected chi connectivity index (χ3v) is 5.38. The number of phenols is 1. The molecule has 0 saturated heterocycles. The van der Waals surface area contributed by atoms with Crippen LogP contribution in [-0.2, 0) is 14.3 Å². The molecule has 6 nitrogen and oxygen atoms in total. The number of hydrogen-bond acceptors (Lipinski definition) is 6. The van der Waals surface area contributed by atoms with E-state index in [4.69, 9.17) is 9.47 Å². The molecule has 0 saturated carbocycles. The Hall–Kier alpha value is -1.71. The molecule has 156 valence electrons. The highest BCUT2D eigenvalue weighted by atomic mass is 79.9. The fourth-order valence-electron chi connectivity index (χ4n) is 2.59. The summed E-state index contributed by atoms with van der Waals surface area (Å²) in [4.78, 5) is 23.8. The highest BCUT2D eigenvalue weighted by Gasteiger charge is 2.27. The van der Waals surface area contributed by atoms with Crippen molar-refractivity contribution in [2.45, 2.75) is 19.4 Å². The van der Waals surface area contributed by atoms with Crippen LogP contribution in [0, 0.1) is 5.92 Å². The van der Waals surface area contributed by atoms with Crippen LogP contribution in [0.25, 0.3) is 0 Å². The lowest BCUT2D eigenvalue weighted by atomic mass is 9.94. The molecule has 2 atom stereocenters. The zero-order valence-electron chi connectivity index (χ0n) is 15.6. The number of hydrogen-bond donors (Lipinski definition) is 3. The Labute approximate surface area is 191 Å². The number of esters is 1. The van der Waals surface area contributed by atoms with Crippen molar-refractivity contribution in [3.8, 4) is 5.75 Å². The first kappa shape index (κ1) is 23.6. The average Bonchev–Trinajstić information content (AvgIpc) is 2.69. The van der Waals surface area contributed by atoms with Crippen molar-refractivity contribution >= 4 is 62.2 Å². The largest absolute Gasteiger partial charge is 0.508 e. The van der Waals surface area contributed by atoms with Crippen LogP contribution < -0.4 is 5.32 Å². The highest BCUT2D eigenvalue weighted by molar-refractivity contribution is 9.10. The van der Waals surface area contributed by atoms with E-state index in [1.165, 1.54) is 6.07 Å². The minimum atomic E-state index is -0.752. The van der Waals surface area contributed by atoms with E-state index in [-0.39, 0.29) is 24.0 Å². The van der Waals surface area contributed by atoms with Gasteiger partial charge in [-0.1, -0.05) is 38.8 Å². The van der Waals surface area contributed by atoms with E-state index in [0.717, 1.165) is 8.95 Å². The van der Waals surface area contributed by atoms with E-state index in [0.29, 0.717) is 17.7 Å².